The van der Waals surface area contributed by atoms with Gasteiger partial charge in [-0.15, -0.1) is 0 Å². The predicted octanol–water partition coefficient (Wildman–Crippen LogP) is 1.92. The minimum atomic E-state index is -1.16. The maximum absolute atomic E-state index is 12.8. The van der Waals surface area contributed by atoms with Gasteiger partial charge in [-0.2, -0.15) is 0 Å². The number of para-hydroxylation sites is 1. The summed E-state index contributed by atoms with van der Waals surface area (Å²) in [7, 11) is 0. The average Bonchev–Trinajstić information content (AvgIpc) is 2.67. The number of carboxylic acids is 1. The topological polar surface area (TPSA) is 86.6 Å². The zero-order valence-electron chi connectivity index (χ0n) is 14.0. The first-order valence-electron chi connectivity index (χ1n) is 8.26. The van der Waals surface area contributed by atoms with Gasteiger partial charge in [0.1, 0.15) is 5.69 Å². The number of piperazine rings is 1. The Bertz CT molecular complexity index is 749. The number of benzene rings is 1. The third kappa shape index (κ3) is 3.60. The lowest BCUT2D eigenvalue weighted by atomic mass is 10.1. The molecule has 3 rings (SSSR count). The van der Waals surface area contributed by atoms with E-state index in [0.29, 0.717) is 6.54 Å². The van der Waals surface area contributed by atoms with Gasteiger partial charge in [0.2, 0.25) is 0 Å². The normalized spacial score (nSPS) is 17.4. The molecule has 1 unspecified atom stereocenters. The van der Waals surface area contributed by atoms with Gasteiger partial charge in [-0.05, 0) is 18.6 Å². The number of aromatic nitrogens is 2. The summed E-state index contributed by atoms with van der Waals surface area (Å²) in [6, 6.07) is 10.2. The molecule has 1 fully saturated rings. The number of aromatic carboxylic acids is 1. The lowest BCUT2D eigenvalue weighted by Crippen LogP contribution is -2.55. The van der Waals surface area contributed by atoms with Gasteiger partial charge in [-0.3, -0.25) is 4.79 Å². The van der Waals surface area contributed by atoms with E-state index in [1.54, 1.807) is 0 Å². The molecule has 1 aromatic heterocycles. The summed E-state index contributed by atoms with van der Waals surface area (Å²) in [6.45, 7) is 4.15. The molecule has 1 amide bonds. The lowest BCUT2D eigenvalue weighted by Gasteiger charge is -2.42. The van der Waals surface area contributed by atoms with Crippen LogP contribution < -0.4 is 4.90 Å². The fourth-order valence-electron chi connectivity index (χ4n) is 3.04. The Kier molecular flexibility index (Phi) is 4.92. The van der Waals surface area contributed by atoms with Crippen molar-refractivity contribution in [1.29, 1.82) is 0 Å². The Morgan fingerprint density at radius 1 is 1.12 bits per heavy atom. The molecule has 1 aromatic carbocycles. The van der Waals surface area contributed by atoms with Crippen molar-refractivity contribution in [2.75, 3.05) is 24.5 Å². The van der Waals surface area contributed by atoms with Crippen molar-refractivity contribution in [3.05, 3.63) is 54.1 Å². The molecule has 0 bridgehead atoms. The third-order valence-corrected chi connectivity index (χ3v) is 4.43. The van der Waals surface area contributed by atoms with Crippen LogP contribution in [0.25, 0.3) is 0 Å². The van der Waals surface area contributed by atoms with Gasteiger partial charge >= 0.3 is 5.97 Å². The van der Waals surface area contributed by atoms with Gasteiger partial charge in [-0.25, -0.2) is 14.8 Å². The Hall–Kier alpha value is -2.96. The minimum absolute atomic E-state index is 0.0717. The molecule has 25 heavy (non-hydrogen) atoms. The smallest absolute Gasteiger partial charge is 0.356 e. The number of hydrogen-bond donors (Lipinski definition) is 1. The molecule has 1 saturated heterocycles. The van der Waals surface area contributed by atoms with Crippen molar-refractivity contribution in [3.8, 4) is 0 Å². The molecule has 0 aliphatic carbocycles. The van der Waals surface area contributed by atoms with Crippen molar-refractivity contribution < 1.29 is 14.7 Å². The number of amides is 1. The van der Waals surface area contributed by atoms with E-state index in [1.807, 2.05) is 23.1 Å². The maximum Gasteiger partial charge on any atom is 0.356 e. The molecule has 1 aliphatic heterocycles. The molecule has 130 valence electrons. The monoisotopic (exact) mass is 340 g/mol. The average molecular weight is 340 g/mol. The van der Waals surface area contributed by atoms with E-state index >= 15 is 0 Å². The van der Waals surface area contributed by atoms with E-state index in [-0.39, 0.29) is 23.3 Å². The molecule has 0 radical (unpaired) electrons. The number of carboxylic acid groups (broad SMARTS) is 1. The van der Waals surface area contributed by atoms with Crippen molar-refractivity contribution in [3.63, 3.8) is 0 Å². The van der Waals surface area contributed by atoms with Crippen LogP contribution >= 0.6 is 0 Å². The minimum Gasteiger partial charge on any atom is -0.476 e. The highest BCUT2D eigenvalue weighted by atomic mass is 16.4. The number of hydrogen-bond acceptors (Lipinski definition) is 5. The summed E-state index contributed by atoms with van der Waals surface area (Å²) >= 11 is 0. The van der Waals surface area contributed by atoms with Crippen LogP contribution in [0.5, 0.6) is 0 Å². The molecule has 2 heterocycles. The van der Waals surface area contributed by atoms with Gasteiger partial charge in [-0.1, -0.05) is 25.1 Å². The predicted molar refractivity (Wildman–Crippen MR) is 92.8 cm³/mol. The molecule has 1 atom stereocenters. The summed E-state index contributed by atoms with van der Waals surface area (Å²) in [4.78, 5) is 35.4. The van der Waals surface area contributed by atoms with Crippen LogP contribution in [0, 0.1) is 0 Å². The molecular weight excluding hydrogens is 320 g/mol. The molecule has 0 spiro atoms. The second-order valence-electron chi connectivity index (χ2n) is 5.93. The van der Waals surface area contributed by atoms with Crippen LogP contribution in [0.1, 0.15) is 34.3 Å². The van der Waals surface area contributed by atoms with Crippen molar-refractivity contribution in [2.45, 2.75) is 19.4 Å². The second kappa shape index (κ2) is 7.29. The fraction of sp³-hybridized carbons (Fsp3) is 0.333. The summed E-state index contributed by atoms with van der Waals surface area (Å²) in [6.07, 6.45) is 3.19. The Labute approximate surface area is 145 Å². The molecule has 7 nitrogen and oxygen atoms in total. The zero-order chi connectivity index (χ0) is 17.8. The summed E-state index contributed by atoms with van der Waals surface area (Å²) in [5, 5.41) is 8.88. The Balaban J connectivity index is 1.74. The molecular formula is C18H20N4O3. The van der Waals surface area contributed by atoms with E-state index in [0.717, 1.165) is 31.4 Å². The van der Waals surface area contributed by atoms with Crippen molar-refractivity contribution >= 4 is 17.6 Å². The van der Waals surface area contributed by atoms with Crippen LogP contribution in [0.15, 0.2) is 42.7 Å². The summed E-state index contributed by atoms with van der Waals surface area (Å²) in [5.41, 5.74) is 1.16. The van der Waals surface area contributed by atoms with Gasteiger partial charge in [0, 0.05) is 31.4 Å². The van der Waals surface area contributed by atoms with Crippen LogP contribution in [-0.2, 0) is 0 Å². The first-order valence-corrected chi connectivity index (χ1v) is 8.26. The van der Waals surface area contributed by atoms with Crippen LogP contribution in [0.2, 0.25) is 0 Å². The van der Waals surface area contributed by atoms with Gasteiger partial charge in [0.25, 0.3) is 5.91 Å². The van der Waals surface area contributed by atoms with E-state index in [2.05, 4.69) is 33.9 Å². The molecule has 1 aliphatic rings. The molecule has 0 saturated carbocycles. The maximum atomic E-state index is 12.8. The second-order valence-corrected chi connectivity index (χ2v) is 5.93. The first kappa shape index (κ1) is 16.9. The highest BCUT2D eigenvalue weighted by Crippen LogP contribution is 2.21. The standard InChI is InChI=1S/C18H20N4O3/c1-2-13-12-21(14-6-4-3-5-7-14)8-9-22(13)17(23)15-10-20-16(11-19-15)18(24)25/h3-7,10-11,13H,2,8-9,12H2,1H3,(H,24,25). The van der Waals surface area contributed by atoms with E-state index in [4.69, 9.17) is 5.11 Å². The van der Waals surface area contributed by atoms with Crippen molar-refractivity contribution in [1.82, 2.24) is 14.9 Å². The van der Waals surface area contributed by atoms with Gasteiger partial charge in [0.05, 0.1) is 12.4 Å². The largest absolute Gasteiger partial charge is 0.476 e. The van der Waals surface area contributed by atoms with Crippen LogP contribution in [0.4, 0.5) is 5.69 Å². The van der Waals surface area contributed by atoms with Gasteiger partial charge < -0.3 is 14.9 Å². The third-order valence-electron chi connectivity index (χ3n) is 4.43. The quantitative estimate of drug-likeness (QED) is 0.915. The lowest BCUT2D eigenvalue weighted by molar-refractivity contribution is 0.0639. The van der Waals surface area contributed by atoms with E-state index in [9.17, 15) is 9.59 Å². The summed E-state index contributed by atoms with van der Waals surface area (Å²) < 4.78 is 0. The number of carbonyl (C=O) groups excluding carboxylic acids is 1. The molecule has 7 heteroatoms. The van der Waals surface area contributed by atoms with Crippen LogP contribution in [0.3, 0.4) is 0 Å². The Morgan fingerprint density at radius 2 is 1.80 bits per heavy atom. The highest BCUT2D eigenvalue weighted by molar-refractivity contribution is 5.93. The first-order chi connectivity index (χ1) is 12.1. The van der Waals surface area contributed by atoms with E-state index < -0.39 is 5.97 Å². The highest BCUT2D eigenvalue weighted by Gasteiger charge is 2.30. The number of anilines is 1. The number of rotatable bonds is 4. The SMILES string of the molecule is CCC1CN(c2ccccc2)CCN1C(=O)c1cnc(C(=O)O)cn1. The zero-order valence-corrected chi connectivity index (χ0v) is 14.0. The van der Waals surface area contributed by atoms with Gasteiger partial charge in [0.15, 0.2) is 5.69 Å². The van der Waals surface area contributed by atoms with Crippen molar-refractivity contribution in [2.24, 2.45) is 0 Å². The number of carbonyl (C=O) groups is 2. The Morgan fingerprint density at radius 3 is 2.40 bits per heavy atom. The summed E-state index contributed by atoms with van der Waals surface area (Å²) in [5.74, 6) is -1.36. The fourth-order valence-corrected chi connectivity index (χ4v) is 3.04. The van der Waals surface area contributed by atoms with Crippen LogP contribution in [-0.4, -0.2) is 57.5 Å². The molecule has 1 N–H and O–H groups in total. The van der Waals surface area contributed by atoms with E-state index in [1.165, 1.54) is 6.20 Å². The number of nitrogens with zero attached hydrogens (tertiary/aromatic N) is 4. The molecule has 2 aromatic rings.